The molecule has 0 saturated carbocycles. The zero-order valence-electron chi connectivity index (χ0n) is 21.0. The molecular formula is C29H33NO5. The second kappa shape index (κ2) is 10.7. The number of fused-ring (bicyclic) bond motifs is 1. The number of benzene rings is 3. The van der Waals surface area contributed by atoms with Crippen LogP contribution in [-0.4, -0.2) is 45.8 Å². The Morgan fingerprint density at radius 1 is 0.857 bits per heavy atom. The number of amides is 1. The lowest BCUT2D eigenvalue weighted by molar-refractivity contribution is -0.135. The molecule has 0 fully saturated rings. The van der Waals surface area contributed by atoms with Crippen LogP contribution in [-0.2, 0) is 11.2 Å². The van der Waals surface area contributed by atoms with Gasteiger partial charge in [0.2, 0.25) is 5.91 Å². The van der Waals surface area contributed by atoms with Crippen LogP contribution >= 0.6 is 0 Å². The van der Waals surface area contributed by atoms with E-state index < -0.39 is 0 Å². The molecule has 35 heavy (non-hydrogen) atoms. The number of methoxy groups -OCH3 is 4. The average molecular weight is 476 g/mol. The minimum absolute atomic E-state index is 0.110. The molecule has 0 aromatic heterocycles. The van der Waals surface area contributed by atoms with E-state index in [1.165, 1.54) is 0 Å². The number of ether oxygens (including phenoxy) is 4. The Morgan fingerprint density at radius 3 is 2.11 bits per heavy atom. The SMILES string of the molecule is CC[C@H](C(=O)N1CCc2cc(OC)c(OC)cc2[C@H]1c1ccc(OC)c(OC)c1)c1ccccc1. The Balaban J connectivity index is 1.86. The van der Waals surface area contributed by atoms with Gasteiger partial charge in [0.15, 0.2) is 23.0 Å². The molecule has 3 aromatic rings. The molecule has 0 radical (unpaired) electrons. The van der Waals surface area contributed by atoms with E-state index in [0.29, 0.717) is 29.5 Å². The van der Waals surface area contributed by atoms with Crippen LogP contribution in [0.5, 0.6) is 23.0 Å². The molecule has 0 saturated heterocycles. The smallest absolute Gasteiger partial charge is 0.230 e. The third kappa shape index (κ3) is 4.65. The highest BCUT2D eigenvalue weighted by molar-refractivity contribution is 5.85. The van der Waals surface area contributed by atoms with Gasteiger partial charge in [-0.15, -0.1) is 0 Å². The number of carbonyl (C=O) groups is 1. The van der Waals surface area contributed by atoms with Crippen LogP contribution in [0.25, 0.3) is 0 Å². The van der Waals surface area contributed by atoms with Gasteiger partial charge < -0.3 is 23.8 Å². The van der Waals surface area contributed by atoms with Crippen molar-refractivity contribution in [2.45, 2.75) is 31.7 Å². The zero-order chi connectivity index (χ0) is 24.9. The lowest BCUT2D eigenvalue weighted by Crippen LogP contribution is -2.43. The minimum atomic E-state index is -0.302. The number of carbonyl (C=O) groups excluding carboxylic acids is 1. The highest BCUT2D eigenvalue weighted by atomic mass is 16.5. The van der Waals surface area contributed by atoms with Gasteiger partial charge >= 0.3 is 0 Å². The zero-order valence-corrected chi connectivity index (χ0v) is 21.0. The molecule has 1 amide bonds. The molecule has 4 rings (SSSR count). The molecule has 184 valence electrons. The van der Waals surface area contributed by atoms with Gasteiger partial charge in [-0.05, 0) is 59.4 Å². The number of rotatable bonds is 8. The van der Waals surface area contributed by atoms with Crippen LogP contribution < -0.4 is 18.9 Å². The summed E-state index contributed by atoms with van der Waals surface area (Å²) in [5, 5.41) is 0. The van der Waals surface area contributed by atoms with Gasteiger partial charge in [-0.2, -0.15) is 0 Å². The molecular weight excluding hydrogens is 442 g/mol. The van der Waals surface area contributed by atoms with Gasteiger partial charge in [0, 0.05) is 6.54 Å². The first-order valence-corrected chi connectivity index (χ1v) is 11.9. The van der Waals surface area contributed by atoms with Crippen molar-refractivity contribution in [3.8, 4) is 23.0 Å². The molecule has 1 aliphatic heterocycles. The van der Waals surface area contributed by atoms with Crippen LogP contribution in [0, 0.1) is 0 Å². The molecule has 0 aliphatic carbocycles. The third-order valence-corrected chi connectivity index (χ3v) is 6.79. The van der Waals surface area contributed by atoms with E-state index in [4.69, 9.17) is 18.9 Å². The van der Waals surface area contributed by atoms with E-state index in [1.807, 2.05) is 65.6 Å². The molecule has 0 bridgehead atoms. The van der Waals surface area contributed by atoms with Crippen molar-refractivity contribution in [3.05, 3.63) is 82.9 Å². The number of hydrogen-bond donors (Lipinski definition) is 0. The van der Waals surface area contributed by atoms with E-state index in [9.17, 15) is 4.79 Å². The maximum absolute atomic E-state index is 14.1. The summed E-state index contributed by atoms with van der Waals surface area (Å²) in [4.78, 5) is 16.1. The quantitative estimate of drug-likeness (QED) is 0.437. The van der Waals surface area contributed by atoms with E-state index in [2.05, 4.69) is 6.92 Å². The van der Waals surface area contributed by atoms with Gasteiger partial charge in [-0.3, -0.25) is 4.79 Å². The fourth-order valence-corrected chi connectivity index (χ4v) is 5.00. The second-order valence-corrected chi connectivity index (χ2v) is 8.58. The molecule has 0 N–H and O–H groups in total. The summed E-state index contributed by atoms with van der Waals surface area (Å²) in [6.07, 6.45) is 1.45. The first-order valence-electron chi connectivity index (χ1n) is 11.9. The summed E-state index contributed by atoms with van der Waals surface area (Å²) in [6.45, 7) is 2.66. The van der Waals surface area contributed by atoms with Crippen molar-refractivity contribution in [1.82, 2.24) is 4.90 Å². The fraction of sp³-hybridized carbons (Fsp3) is 0.345. The summed E-state index contributed by atoms with van der Waals surface area (Å²) in [7, 11) is 6.51. The Labute approximate surface area is 207 Å². The van der Waals surface area contributed by atoms with Crippen LogP contribution in [0.15, 0.2) is 60.7 Å². The minimum Gasteiger partial charge on any atom is -0.493 e. The highest BCUT2D eigenvalue weighted by Gasteiger charge is 2.36. The molecule has 0 spiro atoms. The second-order valence-electron chi connectivity index (χ2n) is 8.58. The normalized spacial score (nSPS) is 15.7. The van der Waals surface area contributed by atoms with Crippen molar-refractivity contribution in [2.24, 2.45) is 0 Å². The Bertz CT molecular complexity index is 1180. The lowest BCUT2D eigenvalue weighted by Gasteiger charge is -2.40. The predicted octanol–water partition coefficient (Wildman–Crippen LogP) is 5.39. The van der Waals surface area contributed by atoms with Crippen molar-refractivity contribution in [2.75, 3.05) is 35.0 Å². The maximum Gasteiger partial charge on any atom is 0.230 e. The standard InChI is InChI=1S/C29H33NO5/c1-6-22(19-10-8-7-9-11-19)29(31)30-15-14-20-16-26(34-4)27(35-5)18-23(20)28(30)21-12-13-24(32-2)25(17-21)33-3/h7-13,16-18,22,28H,6,14-15H2,1-5H3/t22-,28+/m0/s1. The summed E-state index contributed by atoms with van der Waals surface area (Å²) >= 11 is 0. The van der Waals surface area contributed by atoms with Gasteiger partial charge in [-0.1, -0.05) is 43.3 Å². The Morgan fingerprint density at radius 2 is 1.49 bits per heavy atom. The van der Waals surface area contributed by atoms with E-state index in [1.54, 1.807) is 28.4 Å². The van der Waals surface area contributed by atoms with E-state index >= 15 is 0 Å². The van der Waals surface area contributed by atoms with Crippen LogP contribution in [0.2, 0.25) is 0 Å². The Hall–Kier alpha value is -3.67. The van der Waals surface area contributed by atoms with Crippen molar-refractivity contribution >= 4 is 5.91 Å². The first kappa shape index (κ1) is 24.5. The summed E-state index contributed by atoms with van der Waals surface area (Å²) in [6, 6.07) is 19.6. The summed E-state index contributed by atoms with van der Waals surface area (Å²) in [5.41, 5.74) is 4.15. The largest absolute Gasteiger partial charge is 0.493 e. The van der Waals surface area contributed by atoms with Gasteiger partial charge in [0.25, 0.3) is 0 Å². The molecule has 3 aromatic carbocycles. The van der Waals surface area contributed by atoms with E-state index in [-0.39, 0.29) is 17.9 Å². The van der Waals surface area contributed by atoms with Crippen molar-refractivity contribution in [3.63, 3.8) is 0 Å². The van der Waals surface area contributed by atoms with Crippen molar-refractivity contribution in [1.29, 1.82) is 0 Å². The molecule has 2 atom stereocenters. The van der Waals surface area contributed by atoms with Crippen LogP contribution in [0.4, 0.5) is 0 Å². The van der Waals surface area contributed by atoms with Crippen LogP contribution in [0.3, 0.4) is 0 Å². The maximum atomic E-state index is 14.1. The van der Waals surface area contributed by atoms with Crippen LogP contribution in [0.1, 0.15) is 47.6 Å². The van der Waals surface area contributed by atoms with Gasteiger partial charge in [0.05, 0.1) is 40.4 Å². The lowest BCUT2D eigenvalue weighted by atomic mass is 9.85. The van der Waals surface area contributed by atoms with Crippen molar-refractivity contribution < 1.29 is 23.7 Å². The van der Waals surface area contributed by atoms with Gasteiger partial charge in [-0.25, -0.2) is 0 Å². The number of nitrogens with zero attached hydrogens (tertiary/aromatic N) is 1. The molecule has 6 heteroatoms. The average Bonchev–Trinajstić information content (AvgIpc) is 2.92. The summed E-state index contributed by atoms with van der Waals surface area (Å²) < 4.78 is 22.2. The fourth-order valence-electron chi connectivity index (χ4n) is 5.00. The molecule has 1 heterocycles. The molecule has 0 unspecified atom stereocenters. The monoisotopic (exact) mass is 475 g/mol. The topological polar surface area (TPSA) is 57.2 Å². The van der Waals surface area contributed by atoms with Gasteiger partial charge in [0.1, 0.15) is 0 Å². The highest BCUT2D eigenvalue weighted by Crippen LogP contribution is 2.44. The predicted molar refractivity (Wildman–Crippen MR) is 136 cm³/mol. The van der Waals surface area contributed by atoms with E-state index in [0.717, 1.165) is 35.1 Å². The number of hydrogen-bond acceptors (Lipinski definition) is 5. The summed E-state index contributed by atoms with van der Waals surface area (Å²) in [5.74, 6) is 2.49. The third-order valence-electron chi connectivity index (χ3n) is 6.79. The molecule has 6 nitrogen and oxygen atoms in total. The Kier molecular flexibility index (Phi) is 7.49. The molecule has 1 aliphatic rings. The first-order chi connectivity index (χ1) is 17.1.